The molecule has 3 nitrogen and oxygen atoms in total. The molecule has 1 aromatic heterocycles. The van der Waals surface area contributed by atoms with Crippen LogP contribution in [0.5, 0.6) is 0 Å². The van der Waals surface area contributed by atoms with Crippen molar-refractivity contribution in [1.82, 2.24) is 10.3 Å². The smallest absolute Gasteiger partial charge is 0.0965 e. The summed E-state index contributed by atoms with van der Waals surface area (Å²) in [4.78, 5) is 4.36. The first kappa shape index (κ1) is 12.6. The summed E-state index contributed by atoms with van der Waals surface area (Å²) in [5, 5.41) is 10.2. The zero-order valence-electron chi connectivity index (χ0n) is 11.1. The molecular formula is C15H19N3S. The Morgan fingerprint density at radius 3 is 3.26 bits per heavy atom. The number of benzene rings is 1. The number of rotatable bonds is 5. The van der Waals surface area contributed by atoms with Crippen molar-refractivity contribution < 1.29 is 0 Å². The fourth-order valence-electron chi connectivity index (χ4n) is 2.45. The molecule has 2 aromatic rings. The highest BCUT2D eigenvalue weighted by Crippen LogP contribution is 2.23. The fraction of sp³-hybridized carbons (Fsp3) is 0.400. The number of nitrogens with one attached hydrogen (secondary N) is 2. The number of hydrogen-bond acceptors (Lipinski definition) is 4. The summed E-state index contributed by atoms with van der Waals surface area (Å²) >= 11 is 1.73. The van der Waals surface area contributed by atoms with Gasteiger partial charge in [0.1, 0.15) is 0 Å². The standard InChI is InChI=1S/C15H19N3S/c1-11(15-18-6-7-19-15)9-16-10-12-2-3-13-4-5-17-14(13)8-12/h2-3,6-8,11,16-17H,4-5,9-10H2,1H3. The Hall–Kier alpha value is -1.39. The summed E-state index contributed by atoms with van der Waals surface area (Å²) in [6, 6.07) is 6.74. The van der Waals surface area contributed by atoms with E-state index in [1.54, 1.807) is 11.3 Å². The molecular weight excluding hydrogens is 254 g/mol. The molecule has 2 heterocycles. The lowest BCUT2D eigenvalue weighted by Gasteiger charge is -2.11. The molecule has 0 amide bonds. The van der Waals surface area contributed by atoms with Gasteiger partial charge in [0.05, 0.1) is 5.01 Å². The third kappa shape index (κ3) is 2.96. The number of hydrogen-bond donors (Lipinski definition) is 2. The molecule has 1 aliphatic rings. The van der Waals surface area contributed by atoms with Crippen LogP contribution in [0, 0.1) is 0 Å². The minimum absolute atomic E-state index is 0.479. The van der Waals surface area contributed by atoms with Gasteiger partial charge in [-0.25, -0.2) is 4.98 Å². The molecule has 1 aliphatic heterocycles. The maximum Gasteiger partial charge on any atom is 0.0965 e. The van der Waals surface area contributed by atoms with E-state index >= 15 is 0 Å². The lowest BCUT2D eigenvalue weighted by atomic mass is 10.1. The van der Waals surface area contributed by atoms with Gasteiger partial charge in [-0.15, -0.1) is 11.3 Å². The molecule has 0 fully saturated rings. The van der Waals surface area contributed by atoms with Gasteiger partial charge in [-0.05, 0) is 23.6 Å². The largest absolute Gasteiger partial charge is 0.384 e. The van der Waals surface area contributed by atoms with Gasteiger partial charge in [-0.2, -0.15) is 0 Å². The average molecular weight is 273 g/mol. The summed E-state index contributed by atoms with van der Waals surface area (Å²) < 4.78 is 0. The van der Waals surface area contributed by atoms with Gasteiger partial charge in [0, 0.05) is 42.8 Å². The first-order valence-electron chi connectivity index (χ1n) is 6.79. The van der Waals surface area contributed by atoms with Gasteiger partial charge in [-0.1, -0.05) is 19.1 Å². The van der Waals surface area contributed by atoms with Crippen LogP contribution < -0.4 is 10.6 Å². The SMILES string of the molecule is CC(CNCc1ccc2c(c1)NCC2)c1nccs1. The van der Waals surface area contributed by atoms with Crippen LogP contribution in [-0.2, 0) is 13.0 Å². The summed E-state index contributed by atoms with van der Waals surface area (Å²) in [5.41, 5.74) is 4.10. The molecule has 1 atom stereocenters. The monoisotopic (exact) mass is 273 g/mol. The van der Waals surface area contributed by atoms with E-state index in [9.17, 15) is 0 Å². The maximum absolute atomic E-state index is 4.36. The second kappa shape index (κ2) is 5.72. The normalized spacial score (nSPS) is 15.0. The lowest BCUT2D eigenvalue weighted by Crippen LogP contribution is -2.19. The summed E-state index contributed by atoms with van der Waals surface area (Å²) in [5.74, 6) is 0.479. The van der Waals surface area contributed by atoms with Crippen LogP contribution in [0.1, 0.15) is 29.0 Å². The van der Waals surface area contributed by atoms with Crippen molar-refractivity contribution in [2.75, 3.05) is 18.4 Å². The first-order valence-corrected chi connectivity index (χ1v) is 7.66. The van der Waals surface area contributed by atoms with Crippen LogP contribution in [0.4, 0.5) is 5.69 Å². The first-order chi connectivity index (χ1) is 9.33. The highest BCUT2D eigenvalue weighted by molar-refractivity contribution is 7.09. The Balaban J connectivity index is 1.52. The van der Waals surface area contributed by atoms with Crippen molar-refractivity contribution in [2.45, 2.75) is 25.8 Å². The zero-order chi connectivity index (χ0) is 13.1. The number of nitrogens with zero attached hydrogens (tertiary/aromatic N) is 1. The number of aromatic nitrogens is 1. The third-order valence-electron chi connectivity index (χ3n) is 3.54. The molecule has 1 aromatic carbocycles. The third-order valence-corrected chi connectivity index (χ3v) is 4.54. The molecule has 4 heteroatoms. The van der Waals surface area contributed by atoms with Crippen LogP contribution in [0.25, 0.3) is 0 Å². The van der Waals surface area contributed by atoms with Crippen LogP contribution in [0.2, 0.25) is 0 Å². The van der Waals surface area contributed by atoms with Crippen molar-refractivity contribution in [3.05, 3.63) is 45.9 Å². The second-order valence-electron chi connectivity index (χ2n) is 5.07. The van der Waals surface area contributed by atoms with Crippen molar-refractivity contribution in [3.63, 3.8) is 0 Å². The van der Waals surface area contributed by atoms with E-state index in [1.165, 1.54) is 21.8 Å². The predicted molar refractivity (Wildman–Crippen MR) is 80.9 cm³/mol. The Bertz CT molecular complexity index is 536. The van der Waals surface area contributed by atoms with Gasteiger partial charge >= 0.3 is 0 Å². The maximum atomic E-state index is 4.36. The average Bonchev–Trinajstić information content (AvgIpc) is 3.09. The zero-order valence-corrected chi connectivity index (χ0v) is 12.0. The molecule has 0 radical (unpaired) electrons. The Morgan fingerprint density at radius 1 is 1.47 bits per heavy atom. The summed E-state index contributed by atoms with van der Waals surface area (Å²) in [6.07, 6.45) is 3.03. The molecule has 19 heavy (non-hydrogen) atoms. The van der Waals surface area contributed by atoms with Gasteiger partial charge < -0.3 is 10.6 Å². The molecule has 100 valence electrons. The fourth-order valence-corrected chi connectivity index (χ4v) is 3.14. The van der Waals surface area contributed by atoms with E-state index in [1.807, 2.05) is 11.6 Å². The lowest BCUT2D eigenvalue weighted by molar-refractivity contribution is 0.613. The van der Waals surface area contributed by atoms with E-state index in [0.29, 0.717) is 5.92 Å². The Morgan fingerprint density at radius 2 is 2.42 bits per heavy atom. The quantitative estimate of drug-likeness (QED) is 0.879. The molecule has 0 bridgehead atoms. The highest BCUT2D eigenvalue weighted by atomic mass is 32.1. The second-order valence-corrected chi connectivity index (χ2v) is 6.00. The molecule has 0 aliphatic carbocycles. The molecule has 2 N–H and O–H groups in total. The minimum atomic E-state index is 0.479. The van der Waals surface area contributed by atoms with Crippen LogP contribution in [-0.4, -0.2) is 18.1 Å². The van der Waals surface area contributed by atoms with E-state index in [-0.39, 0.29) is 0 Å². The predicted octanol–water partition coefficient (Wildman–Crippen LogP) is 3.00. The van der Waals surface area contributed by atoms with Crippen LogP contribution in [0.3, 0.4) is 0 Å². The molecule has 0 spiro atoms. The van der Waals surface area contributed by atoms with E-state index in [0.717, 1.165) is 26.1 Å². The molecule has 0 saturated carbocycles. The van der Waals surface area contributed by atoms with Gasteiger partial charge in [0.15, 0.2) is 0 Å². The molecule has 0 saturated heterocycles. The highest BCUT2D eigenvalue weighted by Gasteiger charge is 2.10. The number of thiazole rings is 1. The van der Waals surface area contributed by atoms with Crippen LogP contribution >= 0.6 is 11.3 Å². The van der Waals surface area contributed by atoms with E-state index < -0.39 is 0 Å². The van der Waals surface area contributed by atoms with Gasteiger partial charge in [0.2, 0.25) is 0 Å². The molecule has 3 rings (SSSR count). The van der Waals surface area contributed by atoms with E-state index in [2.05, 4.69) is 40.7 Å². The Kier molecular flexibility index (Phi) is 3.80. The topological polar surface area (TPSA) is 37.0 Å². The van der Waals surface area contributed by atoms with Crippen molar-refractivity contribution in [2.24, 2.45) is 0 Å². The van der Waals surface area contributed by atoms with Crippen molar-refractivity contribution in [1.29, 1.82) is 0 Å². The minimum Gasteiger partial charge on any atom is -0.384 e. The Labute approximate surface area is 118 Å². The van der Waals surface area contributed by atoms with Gasteiger partial charge in [0.25, 0.3) is 0 Å². The van der Waals surface area contributed by atoms with E-state index in [4.69, 9.17) is 0 Å². The number of anilines is 1. The molecule has 1 unspecified atom stereocenters. The van der Waals surface area contributed by atoms with Crippen LogP contribution in [0.15, 0.2) is 29.8 Å². The van der Waals surface area contributed by atoms with Crippen molar-refractivity contribution >= 4 is 17.0 Å². The number of fused-ring (bicyclic) bond motifs is 1. The summed E-state index contributed by atoms with van der Waals surface area (Å²) in [7, 11) is 0. The van der Waals surface area contributed by atoms with Gasteiger partial charge in [-0.3, -0.25) is 0 Å². The summed E-state index contributed by atoms with van der Waals surface area (Å²) in [6.45, 7) is 5.19. The van der Waals surface area contributed by atoms with Crippen molar-refractivity contribution in [3.8, 4) is 0 Å².